The second-order valence-electron chi connectivity index (χ2n) is 6.54. The molecule has 0 radical (unpaired) electrons. The van der Waals surface area contributed by atoms with E-state index in [2.05, 4.69) is 19.2 Å². The fraction of sp³-hybridized carbons (Fsp3) is 0.938. The molecular formula is C16H32N2O2. The number of amides is 1. The molecule has 1 aliphatic carbocycles. The van der Waals surface area contributed by atoms with Gasteiger partial charge in [-0.2, -0.15) is 0 Å². The summed E-state index contributed by atoms with van der Waals surface area (Å²) < 4.78 is 5.68. The van der Waals surface area contributed by atoms with Gasteiger partial charge >= 0.3 is 0 Å². The SMILES string of the molecule is CCCC(C)COCCCCC(C)(NC1CC1)C(N)=O. The molecule has 1 saturated carbocycles. The van der Waals surface area contributed by atoms with E-state index in [0.717, 1.165) is 32.5 Å². The zero-order chi connectivity index (χ0) is 15.0. The molecule has 2 unspecified atom stereocenters. The van der Waals surface area contributed by atoms with Gasteiger partial charge in [0.1, 0.15) is 0 Å². The van der Waals surface area contributed by atoms with Crippen LogP contribution in [0.1, 0.15) is 65.7 Å². The van der Waals surface area contributed by atoms with Gasteiger partial charge in [-0.25, -0.2) is 0 Å². The maximum atomic E-state index is 11.6. The highest BCUT2D eigenvalue weighted by Crippen LogP contribution is 2.25. The van der Waals surface area contributed by atoms with E-state index in [0.29, 0.717) is 12.0 Å². The monoisotopic (exact) mass is 284 g/mol. The molecule has 0 aromatic rings. The molecule has 3 N–H and O–H groups in total. The summed E-state index contributed by atoms with van der Waals surface area (Å²) in [7, 11) is 0. The van der Waals surface area contributed by atoms with E-state index in [1.165, 1.54) is 25.7 Å². The Bertz CT molecular complexity index is 292. The number of rotatable bonds is 12. The quantitative estimate of drug-likeness (QED) is 0.541. The third-order valence-electron chi connectivity index (χ3n) is 4.04. The van der Waals surface area contributed by atoms with Gasteiger partial charge < -0.3 is 15.8 Å². The molecule has 0 spiro atoms. The topological polar surface area (TPSA) is 64.3 Å². The number of ether oxygens (including phenoxy) is 1. The van der Waals surface area contributed by atoms with Gasteiger partial charge in [0.15, 0.2) is 0 Å². The summed E-state index contributed by atoms with van der Waals surface area (Å²) in [6, 6.07) is 0.499. The summed E-state index contributed by atoms with van der Waals surface area (Å²) in [5.74, 6) is 0.411. The number of hydrogen-bond acceptors (Lipinski definition) is 3. The number of primary amides is 1. The van der Waals surface area contributed by atoms with Crippen molar-refractivity contribution >= 4 is 5.91 Å². The van der Waals surface area contributed by atoms with Gasteiger partial charge in [0.2, 0.25) is 5.91 Å². The van der Waals surface area contributed by atoms with Crippen LogP contribution in [0.2, 0.25) is 0 Å². The lowest BCUT2D eigenvalue weighted by Crippen LogP contribution is -2.53. The van der Waals surface area contributed by atoms with Crippen LogP contribution in [0.5, 0.6) is 0 Å². The average molecular weight is 284 g/mol. The first-order valence-corrected chi connectivity index (χ1v) is 8.13. The Kier molecular flexibility index (Phi) is 7.52. The predicted octanol–water partition coefficient (Wildman–Crippen LogP) is 2.61. The van der Waals surface area contributed by atoms with Crippen LogP contribution in [0.4, 0.5) is 0 Å². The molecular weight excluding hydrogens is 252 g/mol. The first-order chi connectivity index (χ1) is 9.48. The Labute approximate surface area is 123 Å². The van der Waals surface area contributed by atoms with E-state index in [4.69, 9.17) is 10.5 Å². The van der Waals surface area contributed by atoms with Crippen molar-refractivity contribution < 1.29 is 9.53 Å². The minimum Gasteiger partial charge on any atom is -0.381 e. The number of nitrogens with one attached hydrogen (secondary N) is 1. The van der Waals surface area contributed by atoms with E-state index in [-0.39, 0.29) is 5.91 Å². The molecule has 4 nitrogen and oxygen atoms in total. The molecule has 118 valence electrons. The minimum atomic E-state index is -0.545. The van der Waals surface area contributed by atoms with Gasteiger partial charge in [-0.15, -0.1) is 0 Å². The molecule has 1 aliphatic rings. The predicted molar refractivity (Wildman–Crippen MR) is 82.5 cm³/mol. The molecule has 1 fully saturated rings. The molecule has 0 aliphatic heterocycles. The Morgan fingerprint density at radius 3 is 2.70 bits per heavy atom. The zero-order valence-corrected chi connectivity index (χ0v) is 13.4. The van der Waals surface area contributed by atoms with Crippen molar-refractivity contribution in [2.45, 2.75) is 77.3 Å². The van der Waals surface area contributed by atoms with Crippen LogP contribution in [0, 0.1) is 5.92 Å². The highest BCUT2D eigenvalue weighted by Gasteiger charge is 2.36. The normalized spacial score (nSPS) is 19.6. The molecule has 2 atom stereocenters. The maximum Gasteiger partial charge on any atom is 0.237 e. The molecule has 1 amide bonds. The first kappa shape index (κ1) is 17.4. The molecule has 20 heavy (non-hydrogen) atoms. The molecule has 1 rings (SSSR count). The Balaban J connectivity index is 2.10. The third-order valence-corrected chi connectivity index (χ3v) is 4.04. The van der Waals surface area contributed by atoms with E-state index < -0.39 is 5.54 Å². The standard InChI is InChI=1S/C16H32N2O2/c1-4-7-13(2)12-20-11-6-5-10-16(3,15(17)19)18-14-8-9-14/h13-14,18H,4-12H2,1-3H3,(H2,17,19). The van der Waals surface area contributed by atoms with Gasteiger partial charge in [-0.1, -0.05) is 20.3 Å². The van der Waals surface area contributed by atoms with Crippen LogP contribution < -0.4 is 11.1 Å². The van der Waals surface area contributed by atoms with Gasteiger partial charge in [0, 0.05) is 19.3 Å². The van der Waals surface area contributed by atoms with Crippen molar-refractivity contribution in [3.05, 3.63) is 0 Å². The largest absolute Gasteiger partial charge is 0.381 e. The summed E-state index contributed by atoms with van der Waals surface area (Å²) in [6.45, 7) is 7.99. The van der Waals surface area contributed by atoms with Crippen LogP contribution in [-0.4, -0.2) is 30.7 Å². The van der Waals surface area contributed by atoms with E-state index in [1.54, 1.807) is 0 Å². The summed E-state index contributed by atoms with van der Waals surface area (Å²) in [5.41, 5.74) is 4.98. The second kappa shape index (κ2) is 8.63. The van der Waals surface area contributed by atoms with Crippen LogP contribution in [0.3, 0.4) is 0 Å². The summed E-state index contributed by atoms with van der Waals surface area (Å²) >= 11 is 0. The Morgan fingerprint density at radius 2 is 2.15 bits per heavy atom. The number of carbonyl (C=O) groups excluding carboxylic acids is 1. The lowest BCUT2D eigenvalue weighted by molar-refractivity contribution is -0.124. The van der Waals surface area contributed by atoms with Crippen LogP contribution >= 0.6 is 0 Å². The van der Waals surface area contributed by atoms with Crippen molar-refractivity contribution in [1.29, 1.82) is 0 Å². The number of carbonyl (C=O) groups is 1. The van der Waals surface area contributed by atoms with Crippen molar-refractivity contribution in [2.75, 3.05) is 13.2 Å². The van der Waals surface area contributed by atoms with E-state index in [1.807, 2.05) is 6.92 Å². The maximum absolute atomic E-state index is 11.6. The Morgan fingerprint density at radius 1 is 1.45 bits per heavy atom. The lowest BCUT2D eigenvalue weighted by Gasteiger charge is -2.27. The molecule has 4 heteroatoms. The number of hydrogen-bond donors (Lipinski definition) is 2. The average Bonchev–Trinajstić information content (AvgIpc) is 3.17. The molecule has 0 heterocycles. The summed E-state index contributed by atoms with van der Waals surface area (Å²) in [6.07, 6.45) is 7.55. The summed E-state index contributed by atoms with van der Waals surface area (Å²) in [4.78, 5) is 11.6. The Hall–Kier alpha value is -0.610. The summed E-state index contributed by atoms with van der Waals surface area (Å²) in [5, 5.41) is 3.38. The van der Waals surface area contributed by atoms with Crippen LogP contribution in [-0.2, 0) is 9.53 Å². The molecule has 0 aromatic heterocycles. The molecule has 0 saturated heterocycles. The van der Waals surface area contributed by atoms with Crippen molar-refractivity contribution in [3.63, 3.8) is 0 Å². The van der Waals surface area contributed by atoms with Crippen LogP contribution in [0.25, 0.3) is 0 Å². The fourth-order valence-electron chi connectivity index (χ4n) is 2.49. The second-order valence-corrected chi connectivity index (χ2v) is 6.54. The van der Waals surface area contributed by atoms with Gasteiger partial charge in [-0.3, -0.25) is 4.79 Å². The zero-order valence-electron chi connectivity index (χ0n) is 13.4. The van der Waals surface area contributed by atoms with E-state index >= 15 is 0 Å². The van der Waals surface area contributed by atoms with Gasteiger partial charge in [-0.05, 0) is 51.4 Å². The van der Waals surface area contributed by atoms with Crippen molar-refractivity contribution in [3.8, 4) is 0 Å². The lowest BCUT2D eigenvalue weighted by atomic mass is 9.94. The third kappa shape index (κ3) is 6.71. The smallest absolute Gasteiger partial charge is 0.237 e. The van der Waals surface area contributed by atoms with Gasteiger partial charge in [0.05, 0.1) is 5.54 Å². The highest BCUT2D eigenvalue weighted by molar-refractivity contribution is 5.84. The van der Waals surface area contributed by atoms with Crippen molar-refractivity contribution in [2.24, 2.45) is 11.7 Å². The number of nitrogens with two attached hydrogens (primary N) is 1. The fourth-order valence-corrected chi connectivity index (χ4v) is 2.49. The van der Waals surface area contributed by atoms with Crippen molar-refractivity contribution in [1.82, 2.24) is 5.32 Å². The highest BCUT2D eigenvalue weighted by atomic mass is 16.5. The molecule has 0 aromatic carbocycles. The van der Waals surface area contributed by atoms with Crippen LogP contribution in [0.15, 0.2) is 0 Å². The van der Waals surface area contributed by atoms with E-state index in [9.17, 15) is 4.79 Å². The first-order valence-electron chi connectivity index (χ1n) is 8.13. The minimum absolute atomic E-state index is 0.234. The van der Waals surface area contributed by atoms with Gasteiger partial charge in [0.25, 0.3) is 0 Å². The number of unbranched alkanes of at least 4 members (excludes halogenated alkanes) is 1. The molecule has 0 bridgehead atoms.